The minimum absolute atomic E-state index is 0.0554. The molecule has 1 aromatic heterocycles. The SMILES string of the molecule is CNC(c1ccccc1C(C)(C)C)c1c(Br)nnn1C. The van der Waals surface area contributed by atoms with E-state index in [2.05, 4.69) is 76.6 Å². The molecule has 4 nitrogen and oxygen atoms in total. The predicted molar refractivity (Wildman–Crippen MR) is 84.7 cm³/mol. The van der Waals surface area contributed by atoms with E-state index in [-0.39, 0.29) is 11.5 Å². The molecular weight excluding hydrogens is 316 g/mol. The summed E-state index contributed by atoms with van der Waals surface area (Å²) in [5.41, 5.74) is 3.70. The fourth-order valence-electron chi connectivity index (χ4n) is 2.52. The third-order valence-electron chi connectivity index (χ3n) is 3.47. The fraction of sp³-hybridized carbons (Fsp3) is 0.467. The fourth-order valence-corrected chi connectivity index (χ4v) is 3.07. The molecule has 20 heavy (non-hydrogen) atoms. The van der Waals surface area contributed by atoms with Gasteiger partial charge in [-0.3, -0.25) is 0 Å². The van der Waals surface area contributed by atoms with Gasteiger partial charge in [0.2, 0.25) is 0 Å². The molecule has 0 fully saturated rings. The van der Waals surface area contributed by atoms with Gasteiger partial charge >= 0.3 is 0 Å². The van der Waals surface area contributed by atoms with Crippen LogP contribution in [0.25, 0.3) is 0 Å². The van der Waals surface area contributed by atoms with Crippen molar-refractivity contribution in [3.63, 3.8) is 0 Å². The van der Waals surface area contributed by atoms with Crippen LogP contribution in [0.4, 0.5) is 0 Å². The molecule has 2 rings (SSSR count). The van der Waals surface area contributed by atoms with Crippen molar-refractivity contribution in [2.45, 2.75) is 32.2 Å². The molecule has 0 saturated heterocycles. The summed E-state index contributed by atoms with van der Waals surface area (Å²) in [6.07, 6.45) is 0. The Balaban J connectivity index is 2.60. The average Bonchev–Trinajstić information content (AvgIpc) is 2.71. The summed E-state index contributed by atoms with van der Waals surface area (Å²) < 4.78 is 2.59. The quantitative estimate of drug-likeness (QED) is 0.935. The Hall–Kier alpha value is -1.20. The van der Waals surface area contributed by atoms with Crippen LogP contribution in [0.5, 0.6) is 0 Å². The largest absolute Gasteiger partial charge is 0.308 e. The van der Waals surface area contributed by atoms with E-state index in [1.807, 2.05) is 18.8 Å². The van der Waals surface area contributed by atoms with Crippen LogP contribution in [0.3, 0.4) is 0 Å². The molecule has 0 spiro atoms. The van der Waals surface area contributed by atoms with Gasteiger partial charge in [-0.05, 0) is 39.5 Å². The van der Waals surface area contributed by atoms with Gasteiger partial charge in [-0.25, -0.2) is 4.68 Å². The predicted octanol–water partition coefficient (Wildman–Crippen LogP) is 3.18. The maximum Gasteiger partial charge on any atom is 0.153 e. The molecule has 0 aliphatic rings. The van der Waals surface area contributed by atoms with Gasteiger partial charge < -0.3 is 5.32 Å². The highest BCUT2D eigenvalue weighted by molar-refractivity contribution is 9.10. The highest BCUT2D eigenvalue weighted by atomic mass is 79.9. The van der Waals surface area contributed by atoms with Crippen molar-refractivity contribution >= 4 is 15.9 Å². The molecule has 0 amide bonds. The van der Waals surface area contributed by atoms with Gasteiger partial charge in [0.05, 0.1) is 11.7 Å². The molecule has 108 valence electrons. The summed E-state index contributed by atoms with van der Waals surface area (Å²) >= 11 is 3.50. The Kier molecular flexibility index (Phi) is 4.30. The van der Waals surface area contributed by atoms with Crippen LogP contribution in [-0.2, 0) is 12.5 Å². The zero-order valence-electron chi connectivity index (χ0n) is 12.6. The van der Waals surface area contributed by atoms with Crippen LogP contribution >= 0.6 is 15.9 Å². The second-order valence-electron chi connectivity index (χ2n) is 5.95. The molecular formula is C15H21BrN4. The monoisotopic (exact) mass is 336 g/mol. The van der Waals surface area contributed by atoms with E-state index in [9.17, 15) is 0 Å². The third-order valence-corrected chi connectivity index (χ3v) is 4.03. The standard InChI is InChI=1S/C15H21BrN4/c1-15(2,3)11-9-7-6-8-10(11)12(17-4)13-14(16)18-19-20(13)5/h6-9,12,17H,1-5H3. The van der Waals surface area contributed by atoms with Gasteiger partial charge in [0.15, 0.2) is 4.60 Å². The number of aryl methyl sites for hydroxylation is 1. The van der Waals surface area contributed by atoms with Crippen molar-refractivity contribution < 1.29 is 0 Å². The number of hydrogen-bond acceptors (Lipinski definition) is 3. The van der Waals surface area contributed by atoms with Crippen LogP contribution in [-0.4, -0.2) is 22.0 Å². The lowest BCUT2D eigenvalue weighted by Crippen LogP contribution is -2.25. The summed E-state index contributed by atoms with van der Waals surface area (Å²) in [6.45, 7) is 6.69. The van der Waals surface area contributed by atoms with Crippen molar-refractivity contribution in [1.29, 1.82) is 0 Å². The summed E-state index contributed by atoms with van der Waals surface area (Å²) in [5.74, 6) is 0. The zero-order chi connectivity index (χ0) is 14.9. The van der Waals surface area contributed by atoms with Gasteiger partial charge in [0.1, 0.15) is 0 Å². The first-order valence-electron chi connectivity index (χ1n) is 6.68. The molecule has 1 aromatic carbocycles. The maximum atomic E-state index is 4.09. The third kappa shape index (κ3) is 2.79. The number of nitrogens with one attached hydrogen (secondary N) is 1. The van der Waals surface area contributed by atoms with E-state index in [1.165, 1.54) is 11.1 Å². The minimum atomic E-state index is 0.0554. The second-order valence-corrected chi connectivity index (χ2v) is 6.70. The number of hydrogen-bond donors (Lipinski definition) is 1. The highest BCUT2D eigenvalue weighted by Gasteiger charge is 2.26. The average molecular weight is 337 g/mol. The number of nitrogens with zero attached hydrogens (tertiary/aromatic N) is 3. The smallest absolute Gasteiger partial charge is 0.153 e. The Morgan fingerprint density at radius 3 is 2.40 bits per heavy atom. The molecule has 1 heterocycles. The van der Waals surface area contributed by atoms with Gasteiger partial charge in [0, 0.05) is 7.05 Å². The van der Waals surface area contributed by atoms with Crippen molar-refractivity contribution in [1.82, 2.24) is 20.3 Å². The molecule has 5 heteroatoms. The molecule has 0 aliphatic carbocycles. The lowest BCUT2D eigenvalue weighted by molar-refractivity contribution is 0.550. The number of halogens is 1. The van der Waals surface area contributed by atoms with E-state index in [0.717, 1.165) is 10.3 Å². The van der Waals surface area contributed by atoms with E-state index >= 15 is 0 Å². The van der Waals surface area contributed by atoms with Crippen molar-refractivity contribution in [2.24, 2.45) is 7.05 Å². The Bertz CT molecular complexity index is 579. The van der Waals surface area contributed by atoms with Crippen LogP contribution < -0.4 is 5.32 Å². The van der Waals surface area contributed by atoms with Crippen molar-refractivity contribution in [3.8, 4) is 0 Å². The number of rotatable bonds is 3. The van der Waals surface area contributed by atoms with Crippen LogP contribution in [0.15, 0.2) is 28.9 Å². The van der Waals surface area contributed by atoms with E-state index in [0.29, 0.717) is 0 Å². The Morgan fingerprint density at radius 2 is 1.90 bits per heavy atom. The number of aromatic nitrogens is 3. The van der Waals surface area contributed by atoms with Gasteiger partial charge in [0.25, 0.3) is 0 Å². The van der Waals surface area contributed by atoms with E-state index in [1.54, 1.807) is 0 Å². The molecule has 2 aromatic rings. The normalized spacial score (nSPS) is 13.5. The Morgan fingerprint density at radius 1 is 1.25 bits per heavy atom. The molecule has 0 saturated carbocycles. The highest BCUT2D eigenvalue weighted by Crippen LogP contribution is 2.34. The van der Waals surface area contributed by atoms with Gasteiger partial charge in [-0.15, -0.1) is 5.10 Å². The second kappa shape index (κ2) is 5.66. The number of benzene rings is 1. The van der Waals surface area contributed by atoms with Crippen LogP contribution in [0.2, 0.25) is 0 Å². The molecule has 1 unspecified atom stereocenters. The van der Waals surface area contributed by atoms with Gasteiger partial charge in [-0.1, -0.05) is 50.3 Å². The van der Waals surface area contributed by atoms with Crippen molar-refractivity contribution in [2.75, 3.05) is 7.05 Å². The first-order valence-corrected chi connectivity index (χ1v) is 7.47. The van der Waals surface area contributed by atoms with Crippen molar-refractivity contribution in [3.05, 3.63) is 45.7 Å². The van der Waals surface area contributed by atoms with E-state index in [4.69, 9.17) is 0 Å². The summed E-state index contributed by atoms with van der Waals surface area (Å²) in [4.78, 5) is 0. The lowest BCUT2D eigenvalue weighted by atomic mass is 9.81. The van der Waals surface area contributed by atoms with Crippen LogP contribution in [0, 0.1) is 0 Å². The first kappa shape index (κ1) is 15.2. The summed E-state index contributed by atoms with van der Waals surface area (Å²) in [6, 6.07) is 8.58. The Labute approximate surface area is 128 Å². The summed E-state index contributed by atoms with van der Waals surface area (Å²) in [7, 11) is 3.88. The zero-order valence-corrected chi connectivity index (χ0v) is 14.2. The lowest BCUT2D eigenvalue weighted by Gasteiger charge is -2.27. The van der Waals surface area contributed by atoms with Crippen LogP contribution in [0.1, 0.15) is 43.6 Å². The van der Waals surface area contributed by atoms with Gasteiger partial charge in [-0.2, -0.15) is 0 Å². The minimum Gasteiger partial charge on any atom is -0.308 e. The topological polar surface area (TPSA) is 42.7 Å². The summed E-state index contributed by atoms with van der Waals surface area (Å²) in [5, 5.41) is 11.6. The molecule has 1 atom stereocenters. The first-order chi connectivity index (χ1) is 9.36. The molecule has 0 aliphatic heterocycles. The van der Waals surface area contributed by atoms with E-state index < -0.39 is 0 Å². The molecule has 0 bridgehead atoms. The molecule has 0 radical (unpaired) electrons. The molecule has 1 N–H and O–H groups in total. The maximum absolute atomic E-state index is 4.09.